The Morgan fingerprint density at radius 3 is 2.70 bits per heavy atom. The van der Waals surface area contributed by atoms with Crippen LogP contribution in [0.2, 0.25) is 0 Å². The van der Waals surface area contributed by atoms with Crippen LogP contribution < -0.4 is 0 Å². The van der Waals surface area contributed by atoms with Crippen LogP contribution in [0.25, 0.3) is 0 Å². The SMILES string of the molecule is CN1C2CCCC1CC(C(=O)c1cccc(C#N)n1)C2. The van der Waals surface area contributed by atoms with E-state index >= 15 is 0 Å². The molecule has 104 valence electrons. The maximum Gasteiger partial charge on any atom is 0.184 e. The standard InChI is InChI=1S/C16H19N3O/c1-19-13-5-3-6-14(19)9-11(8-13)16(20)15-7-2-4-12(10-17)18-15/h2,4,7,11,13-14H,3,5-6,8-9H2,1H3. The molecule has 2 aliphatic heterocycles. The molecule has 1 aromatic rings. The van der Waals surface area contributed by atoms with Crippen LogP contribution in [0.15, 0.2) is 18.2 Å². The molecule has 0 aromatic carbocycles. The van der Waals surface area contributed by atoms with Crippen molar-refractivity contribution in [2.45, 2.75) is 44.2 Å². The topological polar surface area (TPSA) is 57.0 Å². The lowest BCUT2D eigenvalue weighted by atomic mass is 9.76. The summed E-state index contributed by atoms with van der Waals surface area (Å²) in [4.78, 5) is 19.2. The van der Waals surface area contributed by atoms with Crippen LogP contribution in [-0.4, -0.2) is 34.8 Å². The Morgan fingerprint density at radius 2 is 2.05 bits per heavy atom. The number of hydrogen-bond donors (Lipinski definition) is 0. The molecule has 3 heterocycles. The van der Waals surface area contributed by atoms with E-state index in [0.717, 1.165) is 12.8 Å². The molecule has 4 heteroatoms. The zero-order valence-electron chi connectivity index (χ0n) is 11.7. The fourth-order valence-corrected chi connectivity index (χ4v) is 3.67. The average Bonchev–Trinajstić information content (AvgIpc) is 2.46. The monoisotopic (exact) mass is 269 g/mol. The van der Waals surface area contributed by atoms with Crippen molar-refractivity contribution < 1.29 is 4.79 Å². The normalized spacial score (nSPS) is 29.7. The van der Waals surface area contributed by atoms with Gasteiger partial charge in [-0.2, -0.15) is 5.26 Å². The molecule has 0 radical (unpaired) electrons. The van der Waals surface area contributed by atoms with Crippen molar-refractivity contribution >= 4 is 5.78 Å². The molecule has 1 aromatic heterocycles. The molecule has 3 rings (SSSR count). The highest BCUT2D eigenvalue weighted by Crippen LogP contribution is 2.36. The first-order chi connectivity index (χ1) is 9.69. The minimum atomic E-state index is 0.0722. The third-order valence-electron chi connectivity index (χ3n) is 4.83. The lowest BCUT2D eigenvalue weighted by Crippen LogP contribution is -2.51. The van der Waals surface area contributed by atoms with Crippen molar-refractivity contribution in [2.75, 3.05) is 7.05 Å². The van der Waals surface area contributed by atoms with Gasteiger partial charge in [0.15, 0.2) is 5.78 Å². The number of pyridine rings is 1. The first-order valence-electron chi connectivity index (χ1n) is 7.32. The highest BCUT2D eigenvalue weighted by Gasteiger charge is 2.39. The van der Waals surface area contributed by atoms with Gasteiger partial charge in [0, 0.05) is 18.0 Å². The third kappa shape index (κ3) is 2.34. The number of nitrogens with zero attached hydrogens (tertiary/aromatic N) is 3. The summed E-state index contributed by atoms with van der Waals surface area (Å²) in [5.41, 5.74) is 0.778. The molecule has 20 heavy (non-hydrogen) atoms. The third-order valence-corrected chi connectivity index (χ3v) is 4.83. The molecular weight excluding hydrogens is 250 g/mol. The van der Waals surface area contributed by atoms with Crippen LogP contribution in [0, 0.1) is 17.2 Å². The minimum absolute atomic E-state index is 0.0722. The van der Waals surface area contributed by atoms with Crippen LogP contribution in [0.5, 0.6) is 0 Å². The molecule has 0 amide bonds. The maximum atomic E-state index is 12.6. The second kappa shape index (κ2) is 5.34. The van der Waals surface area contributed by atoms with Crippen LogP contribution in [0.3, 0.4) is 0 Å². The summed E-state index contributed by atoms with van der Waals surface area (Å²) in [5, 5.41) is 8.89. The Bertz CT molecular complexity index is 549. The zero-order valence-corrected chi connectivity index (χ0v) is 11.7. The van der Waals surface area contributed by atoms with Crippen LogP contribution in [0.4, 0.5) is 0 Å². The second-order valence-electron chi connectivity index (χ2n) is 5.96. The van der Waals surface area contributed by atoms with Crippen molar-refractivity contribution in [3.63, 3.8) is 0 Å². The number of aromatic nitrogens is 1. The maximum absolute atomic E-state index is 12.6. The van der Waals surface area contributed by atoms with Crippen LogP contribution in [0.1, 0.15) is 48.3 Å². The number of carbonyl (C=O) groups excluding carboxylic acids is 1. The van der Waals surface area contributed by atoms with Gasteiger partial charge in [-0.15, -0.1) is 0 Å². The number of fused-ring (bicyclic) bond motifs is 2. The molecule has 2 saturated heterocycles. The van der Waals surface area contributed by atoms with Gasteiger partial charge in [-0.05, 0) is 44.9 Å². The molecule has 0 N–H and O–H groups in total. The van der Waals surface area contributed by atoms with Crippen LogP contribution >= 0.6 is 0 Å². The smallest absolute Gasteiger partial charge is 0.184 e. The molecule has 0 saturated carbocycles. The van der Waals surface area contributed by atoms with Gasteiger partial charge in [0.1, 0.15) is 17.5 Å². The Labute approximate surface area is 119 Å². The van der Waals surface area contributed by atoms with E-state index in [-0.39, 0.29) is 11.7 Å². The largest absolute Gasteiger partial charge is 0.300 e. The van der Waals surface area contributed by atoms with E-state index in [1.165, 1.54) is 19.3 Å². The quantitative estimate of drug-likeness (QED) is 0.774. The van der Waals surface area contributed by atoms with Gasteiger partial charge in [-0.25, -0.2) is 4.98 Å². The number of Topliss-reactive ketones (excluding diaryl/α,β-unsaturated/α-hetero) is 1. The minimum Gasteiger partial charge on any atom is -0.300 e. The first kappa shape index (κ1) is 13.3. The zero-order chi connectivity index (χ0) is 14.1. The van der Waals surface area contributed by atoms with E-state index in [4.69, 9.17) is 5.26 Å². The van der Waals surface area contributed by atoms with Gasteiger partial charge < -0.3 is 4.90 Å². The van der Waals surface area contributed by atoms with Crippen molar-refractivity contribution in [1.82, 2.24) is 9.88 Å². The van der Waals surface area contributed by atoms with Gasteiger partial charge in [-0.3, -0.25) is 4.79 Å². The predicted octanol–water partition coefficient (Wildman–Crippen LogP) is 2.40. The van der Waals surface area contributed by atoms with Crippen molar-refractivity contribution in [1.29, 1.82) is 5.26 Å². The van der Waals surface area contributed by atoms with E-state index in [2.05, 4.69) is 16.9 Å². The molecule has 0 spiro atoms. The van der Waals surface area contributed by atoms with E-state index < -0.39 is 0 Å². The summed E-state index contributed by atoms with van der Waals surface area (Å²) in [7, 11) is 2.18. The summed E-state index contributed by atoms with van der Waals surface area (Å²) in [6.07, 6.45) is 5.54. The number of carbonyl (C=O) groups is 1. The molecule has 0 aliphatic carbocycles. The molecule has 2 unspecified atom stereocenters. The highest BCUT2D eigenvalue weighted by atomic mass is 16.1. The van der Waals surface area contributed by atoms with Crippen molar-refractivity contribution in [2.24, 2.45) is 5.92 Å². The lowest BCUT2D eigenvalue weighted by Gasteiger charge is -2.46. The lowest BCUT2D eigenvalue weighted by molar-refractivity contribution is 0.0336. The molecule has 2 aliphatic rings. The summed E-state index contributed by atoms with van der Waals surface area (Å²) in [6, 6.07) is 8.19. The highest BCUT2D eigenvalue weighted by molar-refractivity contribution is 5.96. The summed E-state index contributed by atoms with van der Waals surface area (Å²) in [5.74, 6) is 0.190. The Balaban J connectivity index is 1.79. The Kier molecular flexibility index (Phi) is 3.54. The van der Waals surface area contributed by atoms with Crippen molar-refractivity contribution in [3.8, 4) is 6.07 Å². The fourth-order valence-electron chi connectivity index (χ4n) is 3.67. The van der Waals surface area contributed by atoms with Gasteiger partial charge in [0.25, 0.3) is 0 Å². The number of rotatable bonds is 2. The number of hydrogen-bond acceptors (Lipinski definition) is 4. The second-order valence-corrected chi connectivity index (χ2v) is 5.96. The van der Waals surface area contributed by atoms with Crippen LogP contribution in [-0.2, 0) is 0 Å². The van der Waals surface area contributed by atoms with Gasteiger partial charge >= 0.3 is 0 Å². The van der Waals surface area contributed by atoms with E-state index in [1.807, 2.05) is 6.07 Å². The Hall–Kier alpha value is -1.73. The fraction of sp³-hybridized carbons (Fsp3) is 0.562. The van der Waals surface area contributed by atoms with E-state index in [0.29, 0.717) is 23.5 Å². The van der Waals surface area contributed by atoms with E-state index in [9.17, 15) is 4.79 Å². The number of piperidine rings is 2. The molecule has 2 fully saturated rings. The molecule has 2 bridgehead atoms. The van der Waals surface area contributed by atoms with Gasteiger partial charge in [-0.1, -0.05) is 12.5 Å². The molecule has 2 atom stereocenters. The van der Waals surface area contributed by atoms with Crippen molar-refractivity contribution in [3.05, 3.63) is 29.6 Å². The first-order valence-corrected chi connectivity index (χ1v) is 7.32. The molecular formula is C16H19N3O. The Morgan fingerprint density at radius 1 is 1.35 bits per heavy atom. The van der Waals surface area contributed by atoms with Gasteiger partial charge in [0.05, 0.1) is 0 Å². The summed E-state index contributed by atoms with van der Waals surface area (Å²) >= 11 is 0. The number of nitriles is 1. The predicted molar refractivity (Wildman–Crippen MR) is 75.2 cm³/mol. The summed E-state index contributed by atoms with van der Waals surface area (Å²) in [6.45, 7) is 0. The molecule has 4 nitrogen and oxygen atoms in total. The van der Waals surface area contributed by atoms with Gasteiger partial charge in [0.2, 0.25) is 0 Å². The van der Waals surface area contributed by atoms with E-state index in [1.54, 1.807) is 18.2 Å². The summed E-state index contributed by atoms with van der Waals surface area (Å²) < 4.78 is 0. The average molecular weight is 269 g/mol. The number of ketones is 1.